The number of hydrogen-bond donors (Lipinski definition) is 3. The van der Waals surface area contributed by atoms with Gasteiger partial charge >= 0.3 is 39.5 Å². The Morgan fingerprint density at radius 3 is 0.782 bits per heavy atom. The van der Waals surface area contributed by atoms with E-state index < -0.39 is 97.5 Å². The van der Waals surface area contributed by atoms with Crippen LogP contribution in [0.5, 0.6) is 0 Å². The van der Waals surface area contributed by atoms with Crippen molar-refractivity contribution < 1.29 is 80.2 Å². The number of phosphoric acid groups is 2. The first-order valence-electron chi connectivity index (χ1n) is 35.5. The third-order valence-electron chi connectivity index (χ3n) is 15.7. The summed E-state index contributed by atoms with van der Waals surface area (Å²) in [6.45, 7) is 9.36. The van der Waals surface area contributed by atoms with E-state index in [2.05, 4.69) is 41.5 Å². The zero-order valence-corrected chi connectivity index (χ0v) is 58.1. The second-order valence-electron chi connectivity index (χ2n) is 25.5. The Morgan fingerprint density at radius 1 is 0.310 bits per heavy atom. The van der Waals surface area contributed by atoms with Gasteiger partial charge in [0.25, 0.3) is 0 Å². The van der Waals surface area contributed by atoms with Gasteiger partial charge in [-0.3, -0.25) is 37.3 Å². The average Bonchev–Trinajstić information content (AvgIpc) is 3.70. The van der Waals surface area contributed by atoms with Crippen LogP contribution in [0.2, 0.25) is 0 Å². The van der Waals surface area contributed by atoms with Gasteiger partial charge in [0.2, 0.25) is 0 Å². The summed E-state index contributed by atoms with van der Waals surface area (Å²) in [5.74, 6) is -0.760. The molecule has 0 heterocycles. The number of carbonyl (C=O) groups excluding carboxylic acids is 4. The lowest BCUT2D eigenvalue weighted by Crippen LogP contribution is -2.30. The molecule has 19 heteroatoms. The summed E-state index contributed by atoms with van der Waals surface area (Å²) in [5.41, 5.74) is 0. The molecule has 0 aliphatic rings. The summed E-state index contributed by atoms with van der Waals surface area (Å²) in [6, 6.07) is 0. The standard InChI is InChI=1S/C68H132O17P2/c1-7-9-11-13-15-17-18-19-20-21-22-23-24-25-26-28-32-40-46-52-67(72)84-63(56-79-66(71)51-45-39-33-29-30-36-42-48-60(3)4)58-82-86(74,75)80-54-62(69)55-81-87(76,77)83-59-64(85-68(73)53-47-41-35-34-37-43-49-61(5)6)57-78-65(70)50-44-38-31-27-16-14-12-10-8-2/h60-64,69H,7-59H2,1-6H3,(H,74,75)(H,76,77)/t62-,63-,64-/m1/s1. The normalized spacial score (nSPS) is 14.2. The van der Waals surface area contributed by atoms with Crippen LogP contribution in [0.1, 0.15) is 343 Å². The number of phosphoric ester groups is 2. The highest BCUT2D eigenvalue weighted by Gasteiger charge is 2.30. The van der Waals surface area contributed by atoms with Crippen molar-refractivity contribution >= 4 is 39.5 Å². The van der Waals surface area contributed by atoms with Crippen molar-refractivity contribution in [2.45, 2.75) is 362 Å². The van der Waals surface area contributed by atoms with Crippen LogP contribution in [0.25, 0.3) is 0 Å². The van der Waals surface area contributed by atoms with E-state index in [1.54, 1.807) is 0 Å². The molecular formula is C68H132O17P2. The van der Waals surface area contributed by atoms with E-state index in [4.69, 9.17) is 37.0 Å². The van der Waals surface area contributed by atoms with Crippen LogP contribution in [0.15, 0.2) is 0 Å². The van der Waals surface area contributed by atoms with E-state index in [-0.39, 0.29) is 25.7 Å². The van der Waals surface area contributed by atoms with Crippen LogP contribution in [0.4, 0.5) is 0 Å². The lowest BCUT2D eigenvalue weighted by molar-refractivity contribution is -0.161. The molecule has 17 nitrogen and oxygen atoms in total. The van der Waals surface area contributed by atoms with Crippen LogP contribution >= 0.6 is 15.6 Å². The minimum absolute atomic E-state index is 0.102. The maximum absolute atomic E-state index is 13.0. The van der Waals surface area contributed by atoms with Gasteiger partial charge in [-0.05, 0) is 37.5 Å². The fourth-order valence-electron chi connectivity index (χ4n) is 10.2. The van der Waals surface area contributed by atoms with Crippen molar-refractivity contribution in [2.75, 3.05) is 39.6 Å². The summed E-state index contributed by atoms with van der Waals surface area (Å²) < 4.78 is 68.1. The van der Waals surface area contributed by atoms with Crippen LogP contribution in [-0.4, -0.2) is 96.7 Å². The summed E-state index contributed by atoms with van der Waals surface area (Å²) in [7, 11) is -9.89. The smallest absolute Gasteiger partial charge is 0.462 e. The SMILES string of the molecule is CCCCCCCCCCCCCCCCCCCCCC(=O)O[C@H](COC(=O)CCCCCCCCCC(C)C)COP(=O)(O)OC[C@@H](O)COP(=O)(O)OC[C@@H](COC(=O)CCCCCCCCCCC)OC(=O)CCCCCCCCC(C)C. The van der Waals surface area contributed by atoms with Crippen molar-refractivity contribution in [1.29, 1.82) is 0 Å². The van der Waals surface area contributed by atoms with E-state index >= 15 is 0 Å². The molecule has 0 amide bonds. The Balaban J connectivity index is 5.16. The molecule has 87 heavy (non-hydrogen) atoms. The molecule has 0 aromatic rings. The number of rotatable bonds is 67. The van der Waals surface area contributed by atoms with Gasteiger partial charge in [0, 0.05) is 25.7 Å². The second kappa shape index (κ2) is 60.3. The molecule has 0 aliphatic heterocycles. The molecule has 0 radical (unpaired) electrons. The van der Waals surface area contributed by atoms with Crippen molar-refractivity contribution in [3.8, 4) is 0 Å². The molecule has 0 saturated carbocycles. The summed E-state index contributed by atoms with van der Waals surface area (Å²) in [4.78, 5) is 72.3. The quantitative estimate of drug-likeness (QED) is 0.0222. The van der Waals surface area contributed by atoms with Gasteiger partial charge in [-0.25, -0.2) is 9.13 Å². The summed E-state index contributed by atoms with van der Waals surface area (Å²) in [5, 5.41) is 10.5. The Hall–Kier alpha value is -1.94. The third-order valence-corrected chi connectivity index (χ3v) is 17.6. The predicted molar refractivity (Wildman–Crippen MR) is 349 cm³/mol. The van der Waals surface area contributed by atoms with Gasteiger partial charge in [-0.2, -0.15) is 0 Å². The van der Waals surface area contributed by atoms with Crippen molar-refractivity contribution in [1.82, 2.24) is 0 Å². The van der Waals surface area contributed by atoms with Crippen LogP contribution in [0.3, 0.4) is 0 Å². The Labute approximate surface area is 530 Å². The number of esters is 4. The van der Waals surface area contributed by atoms with Crippen molar-refractivity contribution in [3.63, 3.8) is 0 Å². The van der Waals surface area contributed by atoms with E-state index in [9.17, 15) is 43.2 Å². The van der Waals surface area contributed by atoms with E-state index in [0.29, 0.717) is 37.5 Å². The highest BCUT2D eigenvalue weighted by atomic mass is 31.2. The zero-order chi connectivity index (χ0) is 64.3. The lowest BCUT2D eigenvalue weighted by Gasteiger charge is -2.21. The molecule has 0 aromatic heterocycles. The minimum atomic E-state index is -4.95. The van der Waals surface area contributed by atoms with Gasteiger partial charge in [-0.1, -0.05) is 292 Å². The van der Waals surface area contributed by atoms with E-state index in [1.807, 2.05) is 0 Å². The Bertz CT molecular complexity index is 1700. The maximum atomic E-state index is 13.0. The Morgan fingerprint density at radius 2 is 0.529 bits per heavy atom. The van der Waals surface area contributed by atoms with Gasteiger partial charge in [0.1, 0.15) is 19.3 Å². The molecule has 0 aliphatic carbocycles. The molecule has 516 valence electrons. The largest absolute Gasteiger partial charge is 0.472 e. The summed E-state index contributed by atoms with van der Waals surface area (Å²) >= 11 is 0. The molecular weight excluding hydrogens is 1150 g/mol. The van der Waals surface area contributed by atoms with Crippen LogP contribution in [-0.2, 0) is 65.4 Å². The van der Waals surface area contributed by atoms with Crippen molar-refractivity contribution in [3.05, 3.63) is 0 Å². The second-order valence-corrected chi connectivity index (χ2v) is 28.4. The molecule has 0 saturated heterocycles. The van der Waals surface area contributed by atoms with Crippen LogP contribution in [0, 0.1) is 11.8 Å². The molecule has 0 bridgehead atoms. The number of aliphatic hydroxyl groups excluding tert-OH is 1. The van der Waals surface area contributed by atoms with Crippen molar-refractivity contribution in [2.24, 2.45) is 11.8 Å². The first-order valence-corrected chi connectivity index (χ1v) is 38.5. The molecule has 0 aromatic carbocycles. The molecule has 0 fully saturated rings. The summed E-state index contributed by atoms with van der Waals surface area (Å²) in [6.07, 6.45) is 44.8. The van der Waals surface area contributed by atoms with Gasteiger partial charge in [0.15, 0.2) is 12.2 Å². The molecule has 0 spiro atoms. The van der Waals surface area contributed by atoms with Crippen LogP contribution < -0.4 is 0 Å². The van der Waals surface area contributed by atoms with E-state index in [0.717, 1.165) is 96.3 Å². The molecule has 2 unspecified atom stereocenters. The predicted octanol–water partition coefficient (Wildman–Crippen LogP) is 19.2. The maximum Gasteiger partial charge on any atom is 0.472 e. The molecule has 0 rings (SSSR count). The monoisotopic (exact) mass is 1280 g/mol. The topological polar surface area (TPSA) is 237 Å². The lowest BCUT2D eigenvalue weighted by atomic mass is 10.0. The zero-order valence-electron chi connectivity index (χ0n) is 56.3. The van der Waals surface area contributed by atoms with E-state index in [1.165, 1.54) is 154 Å². The number of unbranched alkanes of at least 4 members (excludes halogenated alkanes) is 37. The average molecular weight is 1280 g/mol. The van der Waals surface area contributed by atoms with Gasteiger partial charge in [0.05, 0.1) is 26.4 Å². The highest BCUT2D eigenvalue weighted by molar-refractivity contribution is 7.47. The highest BCUT2D eigenvalue weighted by Crippen LogP contribution is 2.45. The number of aliphatic hydroxyl groups is 1. The first kappa shape index (κ1) is 85.1. The molecule has 3 N–H and O–H groups in total. The number of ether oxygens (including phenoxy) is 4. The number of hydrogen-bond acceptors (Lipinski definition) is 15. The Kier molecular flexibility index (Phi) is 59.0. The van der Waals surface area contributed by atoms with Gasteiger partial charge in [-0.15, -0.1) is 0 Å². The minimum Gasteiger partial charge on any atom is -0.462 e. The first-order chi connectivity index (χ1) is 41.9. The third kappa shape index (κ3) is 62.6. The molecule has 5 atom stereocenters. The fourth-order valence-corrected chi connectivity index (χ4v) is 11.8. The fraction of sp³-hybridized carbons (Fsp3) is 0.941. The number of carbonyl (C=O) groups is 4. The van der Waals surface area contributed by atoms with Gasteiger partial charge < -0.3 is 33.8 Å².